The molecule has 0 aliphatic heterocycles. The third-order valence-corrected chi connectivity index (χ3v) is 7.59. The van der Waals surface area contributed by atoms with E-state index in [0.717, 1.165) is 47.9 Å². The molecule has 1 aliphatic carbocycles. The molecule has 5 nitrogen and oxygen atoms in total. The summed E-state index contributed by atoms with van der Waals surface area (Å²) in [6.07, 6.45) is 5.90. The standard InChI is InChI=1S/C34H42N2O3/c1-25(2)30-16-10-11-17-32(30)39-24-33(37)36(23-28-20-18-26(3)19-21-28)31(22-27-12-6-4-7-13-27)34(38)35-29-14-8-5-9-15-29/h4,6-7,10-13,16-21,25,29,31H,5,8-9,14-15,22-24H2,1-3H3,(H,35,38). The second-order valence-electron chi connectivity index (χ2n) is 11.0. The summed E-state index contributed by atoms with van der Waals surface area (Å²) in [4.78, 5) is 29.5. The molecule has 0 aromatic heterocycles. The van der Waals surface area contributed by atoms with Gasteiger partial charge in [-0.1, -0.05) is 111 Å². The lowest BCUT2D eigenvalue weighted by Crippen LogP contribution is -2.53. The van der Waals surface area contributed by atoms with E-state index in [2.05, 4.69) is 19.2 Å². The lowest BCUT2D eigenvalue weighted by Gasteiger charge is -2.33. The van der Waals surface area contributed by atoms with E-state index in [1.54, 1.807) is 4.90 Å². The van der Waals surface area contributed by atoms with Crippen LogP contribution in [0.15, 0.2) is 78.9 Å². The highest BCUT2D eigenvalue weighted by Gasteiger charge is 2.32. The van der Waals surface area contributed by atoms with Gasteiger partial charge >= 0.3 is 0 Å². The van der Waals surface area contributed by atoms with Gasteiger partial charge in [0, 0.05) is 19.0 Å². The van der Waals surface area contributed by atoms with Crippen molar-refractivity contribution in [2.24, 2.45) is 0 Å². The molecule has 1 atom stereocenters. The van der Waals surface area contributed by atoms with Gasteiger partial charge in [0.1, 0.15) is 11.8 Å². The Hall–Kier alpha value is -3.60. The number of ether oxygens (including phenoxy) is 1. The fourth-order valence-electron chi connectivity index (χ4n) is 5.30. The SMILES string of the molecule is Cc1ccc(CN(C(=O)COc2ccccc2C(C)C)C(Cc2ccccc2)C(=O)NC2CCCCC2)cc1. The van der Waals surface area contributed by atoms with Crippen LogP contribution in [-0.4, -0.2) is 35.4 Å². The number of para-hydroxylation sites is 1. The molecule has 5 heteroatoms. The topological polar surface area (TPSA) is 58.6 Å². The summed E-state index contributed by atoms with van der Waals surface area (Å²) in [5, 5.41) is 3.29. The van der Waals surface area contributed by atoms with Crippen molar-refractivity contribution in [3.63, 3.8) is 0 Å². The first-order valence-electron chi connectivity index (χ1n) is 14.3. The van der Waals surface area contributed by atoms with E-state index >= 15 is 0 Å². The van der Waals surface area contributed by atoms with E-state index in [9.17, 15) is 9.59 Å². The minimum absolute atomic E-state index is 0.0891. The molecule has 1 unspecified atom stereocenters. The van der Waals surface area contributed by atoms with Crippen LogP contribution in [0.4, 0.5) is 0 Å². The second-order valence-corrected chi connectivity index (χ2v) is 11.0. The van der Waals surface area contributed by atoms with Gasteiger partial charge < -0.3 is 15.0 Å². The van der Waals surface area contributed by atoms with Gasteiger partial charge in [0.2, 0.25) is 5.91 Å². The summed E-state index contributed by atoms with van der Waals surface area (Å²) in [7, 11) is 0. The number of rotatable bonds is 11. The second kappa shape index (κ2) is 14.0. The maximum atomic E-state index is 13.9. The first-order valence-corrected chi connectivity index (χ1v) is 14.3. The van der Waals surface area contributed by atoms with E-state index in [4.69, 9.17) is 4.74 Å². The predicted octanol–water partition coefficient (Wildman–Crippen LogP) is 6.59. The first-order chi connectivity index (χ1) is 18.9. The Kier molecular flexibility index (Phi) is 10.2. The summed E-state index contributed by atoms with van der Waals surface area (Å²) in [5.41, 5.74) is 4.22. The van der Waals surface area contributed by atoms with Crippen LogP contribution >= 0.6 is 0 Å². The molecule has 0 spiro atoms. The molecule has 39 heavy (non-hydrogen) atoms. The lowest BCUT2D eigenvalue weighted by atomic mass is 9.94. The Morgan fingerprint density at radius 1 is 0.872 bits per heavy atom. The van der Waals surface area contributed by atoms with Gasteiger partial charge in [0.05, 0.1) is 0 Å². The molecule has 1 aliphatic rings. The lowest BCUT2D eigenvalue weighted by molar-refractivity contribution is -0.143. The molecule has 3 aromatic carbocycles. The summed E-state index contributed by atoms with van der Waals surface area (Å²) >= 11 is 0. The maximum Gasteiger partial charge on any atom is 0.261 e. The number of hydrogen-bond acceptors (Lipinski definition) is 3. The van der Waals surface area contributed by atoms with Gasteiger partial charge in [0.15, 0.2) is 6.61 Å². The normalized spacial score (nSPS) is 14.6. The van der Waals surface area contributed by atoms with Gasteiger partial charge in [-0.3, -0.25) is 9.59 Å². The Morgan fingerprint density at radius 2 is 1.54 bits per heavy atom. The number of nitrogens with zero attached hydrogens (tertiary/aromatic N) is 1. The fraction of sp³-hybridized carbons (Fsp3) is 0.412. The number of amides is 2. The zero-order valence-electron chi connectivity index (χ0n) is 23.6. The van der Waals surface area contributed by atoms with E-state index < -0.39 is 6.04 Å². The van der Waals surface area contributed by atoms with Crippen LogP contribution < -0.4 is 10.1 Å². The Labute approximate surface area is 233 Å². The Morgan fingerprint density at radius 3 is 2.23 bits per heavy atom. The van der Waals surface area contributed by atoms with Crippen molar-refractivity contribution in [3.8, 4) is 5.75 Å². The Balaban J connectivity index is 1.62. The highest BCUT2D eigenvalue weighted by atomic mass is 16.5. The molecule has 2 amide bonds. The largest absolute Gasteiger partial charge is 0.483 e. The van der Waals surface area contributed by atoms with Crippen molar-refractivity contribution in [1.82, 2.24) is 10.2 Å². The molecule has 0 bridgehead atoms. The zero-order chi connectivity index (χ0) is 27.6. The quantitative estimate of drug-likeness (QED) is 0.307. The number of hydrogen-bond donors (Lipinski definition) is 1. The fourth-order valence-corrected chi connectivity index (χ4v) is 5.30. The van der Waals surface area contributed by atoms with Crippen molar-refractivity contribution in [2.75, 3.05) is 6.61 Å². The van der Waals surface area contributed by atoms with Gasteiger partial charge in [0.25, 0.3) is 5.91 Å². The van der Waals surface area contributed by atoms with Crippen molar-refractivity contribution in [1.29, 1.82) is 0 Å². The molecular weight excluding hydrogens is 484 g/mol. The molecule has 0 heterocycles. The number of aryl methyl sites for hydroxylation is 1. The molecular formula is C34H42N2O3. The van der Waals surface area contributed by atoms with Crippen LogP contribution in [0.25, 0.3) is 0 Å². The summed E-state index contributed by atoms with van der Waals surface area (Å²) in [6.45, 7) is 6.47. The van der Waals surface area contributed by atoms with Crippen molar-refractivity contribution < 1.29 is 14.3 Å². The zero-order valence-corrected chi connectivity index (χ0v) is 23.6. The molecule has 0 radical (unpaired) electrons. The minimum Gasteiger partial charge on any atom is -0.483 e. The van der Waals surface area contributed by atoms with Gasteiger partial charge in [-0.2, -0.15) is 0 Å². The summed E-state index contributed by atoms with van der Waals surface area (Å²) < 4.78 is 6.11. The van der Waals surface area contributed by atoms with Crippen molar-refractivity contribution in [3.05, 3.63) is 101 Å². The third-order valence-electron chi connectivity index (χ3n) is 7.59. The van der Waals surface area contributed by atoms with Crippen LogP contribution in [0.5, 0.6) is 5.75 Å². The van der Waals surface area contributed by atoms with E-state index in [0.29, 0.717) is 18.7 Å². The van der Waals surface area contributed by atoms with Crippen LogP contribution in [0.2, 0.25) is 0 Å². The first kappa shape index (κ1) is 28.4. The highest BCUT2D eigenvalue weighted by molar-refractivity contribution is 5.88. The van der Waals surface area contributed by atoms with E-state index in [1.165, 1.54) is 6.42 Å². The van der Waals surface area contributed by atoms with Crippen LogP contribution in [-0.2, 0) is 22.6 Å². The smallest absolute Gasteiger partial charge is 0.261 e. The summed E-state index contributed by atoms with van der Waals surface area (Å²) in [5.74, 6) is 0.692. The van der Waals surface area contributed by atoms with Crippen molar-refractivity contribution in [2.45, 2.75) is 83.8 Å². The minimum atomic E-state index is -0.646. The number of nitrogens with one attached hydrogen (secondary N) is 1. The van der Waals surface area contributed by atoms with Crippen molar-refractivity contribution >= 4 is 11.8 Å². The number of carbonyl (C=O) groups excluding carboxylic acids is 2. The Bertz CT molecular complexity index is 1200. The molecule has 4 rings (SSSR count). The van der Waals surface area contributed by atoms with Gasteiger partial charge in [-0.25, -0.2) is 0 Å². The van der Waals surface area contributed by atoms with Crippen LogP contribution in [0, 0.1) is 6.92 Å². The van der Waals surface area contributed by atoms with Gasteiger partial charge in [-0.15, -0.1) is 0 Å². The monoisotopic (exact) mass is 526 g/mol. The van der Waals surface area contributed by atoms with Crippen LogP contribution in [0.1, 0.15) is 74.1 Å². The van der Waals surface area contributed by atoms with E-state index in [1.807, 2.05) is 85.8 Å². The number of carbonyl (C=O) groups is 2. The predicted molar refractivity (Wildman–Crippen MR) is 157 cm³/mol. The van der Waals surface area contributed by atoms with Gasteiger partial charge in [-0.05, 0) is 48.4 Å². The molecule has 1 N–H and O–H groups in total. The van der Waals surface area contributed by atoms with E-state index in [-0.39, 0.29) is 30.4 Å². The molecule has 3 aromatic rings. The summed E-state index contributed by atoms with van der Waals surface area (Å²) in [6, 6.07) is 25.5. The molecule has 1 fully saturated rings. The molecule has 206 valence electrons. The molecule has 0 saturated heterocycles. The third kappa shape index (κ3) is 8.19. The van der Waals surface area contributed by atoms with Crippen LogP contribution in [0.3, 0.4) is 0 Å². The number of benzene rings is 3. The average Bonchev–Trinajstić information content (AvgIpc) is 2.95. The average molecular weight is 527 g/mol. The molecule has 1 saturated carbocycles. The highest BCUT2D eigenvalue weighted by Crippen LogP contribution is 2.26. The maximum absolute atomic E-state index is 13.9.